The van der Waals surface area contributed by atoms with Crippen molar-refractivity contribution in [1.82, 2.24) is 0 Å². The van der Waals surface area contributed by atoms with E-state index in [4.69, 9.17) is 9.84 Å². The number of hydrogen-bond donors (Lipinski definition) is 2. The van der Waals surface area contributed by atoms with Crippen LogP contribution in [0.2, 0.25) is 0 Å². The van der Waals surface area contributed by atoms with Crippen LogP contribution in [0, 0.1) is 0 Å². The van der Waals surface area contributed by atoms with Crippen LogP contribution < -0.4 is 4.74 Å². The first-order chi connectivity index (χ1) is 15.7. The Bertz CT molecular complexity index is 543. The lowest BCUT2D eigenvalue weighted by Gasteiger charge is -2.15. The van der Waals surface area contributed by atoms with Gasteiger partial charge >= 0.3 is 0 Å². The molecule has 1 aromatic carbocycles. The van der Waals surface area contributed by atoms with E-state index in [0.717, 1.165) is 18.6 Å². The second-order valence-electron chi connectivity index (χ2n) is 9.54. The number of benzene rings is 1. The second kappa shape index (κ2) is 20.5. The molecule has 3 heteroatoms. The summed E-state index contributed by atoms with van der Waals surface area (Å²) < 4.78 is 5.81. The van der Waals surface area contributed by atoms with Crippen LogP contribution in [0.15, 0.2) is 18.2 Å². The van der Waals surface area contributed by atoms with Crippen molar-refractivity contribution < 1.29 is 14.9 Å². The number of ether oxygens (including phenoxy) is 1. The molecular weight excluding hydrogens is 396 g/mol. The molecule has 0 aliphatic rings. The second-order valence-corrected chi connectivity index (χ2v) is 9.54. The third kappa shape index (κ3) is 14.9. The minimum atomic E-state index is -0.816. The molecule has 0 bridgehead atoms. The zero-order chi connectivity index (χ0) is 23.3. The summed E-state index contributed by atoms with van der Waals surface area (Å²) >= 11 is 0. The molecule has 1 unspecified atom stereocenters. The van der Waals surface area contributed by atoms with Gasteiger partial charge in [0, 0.05) is 0 Å². The van der Waals surface area contributed by atoms with E-state index in [-0.39, 0.29) is 13.2 Å². The average Bonchev–Trinajstić information content (AvgIpc) is 2.81. The maximum absolute atomic E-state index is 9.61. The molecule has 0 aromatic heterocycles. The zero-order valence-electron chi connectivity index (χ0n) is 21.3. The molecule has 32 heavy (non-hydrogen) atoms. The third-order valence-electron chi connectivity index (χ3n) is 6.39. The quantitative estimate of drug-likeness (QED) is 0.178. The van der Waals surface area contributed by atoms with Crippen LogP contribution in [0.25, 0.3) is 0 Å². The topological polar surface area (TPSA) is 49.7 Å². The third-order valence-corrected chi connectivity index (χ3v) is 6.39. The first kappa shape index (κ1) is 29.0. The lowest BCUT2D eigenvalue weighted by Crippen LogP contribution is -2.21. The molecule has 0 saturated carbocycles. The van der Waals surface area contributed by atoms with Gasteiger partial charge in [-0.25, -0.2) is 0 Å². The first-order valence-electron chi connectivity index (χ1n) is 13.7. The normalized spacial score (nSPS) is 12.2. The Morgan fingerprint density at radius 2 is 1.19 bits per heavy atom. The Hall–Kier alpha value is -1.06. The standard InChI is InChI=1S/C29H52O3/c1-3-5-7-9-10-11-12-13-14-15-16-17-19-26-21-22-29(32-25-28(31)24-30)27(23-26)20-18-8-6-4-2/h21-23,28,30-31H,3-20,24-25H2,1-2H3. The summed E-state index contributed by atoms with van der Waals surface area (Å²) in [6.45, 7) is 4.41. The van der Waals surface area contributed by atoms with E-state index >= 15 is 0 Å². The summed E-state index contributed by atoms with van der Waals surface area (Å²) in [6, 6.07) is 6.55. The highest BCUT2D eigenvalue weighted by Gasteiger charge is 2.09. The van der Waals surface area contributed by atoms with E-state index in [9.17, 15) is 5.11 Å². The van der Waals surface area contributed by atoms with E-state index in [0.29, 0.717) is 0 Å². The highest BCUT2D eigenvalue weighted by Crippen LogP contribution is 2.24. The predicted molar refractivity (Wildman–Crippen MR) is 138 cm³/mol. The molecule has 0 saturated heterocycles. The average molecular weight is 449 g/mol. The number of aryl methyl sites for hydroxylation is 2. The summed E-state index contributed by atoms with van der Waals surface area (Å²) in [5, 5.41) is 18.7. The number of unbranched alkanes of at least 4 members (excludes halogenated alkanes) is 14. The van der Waals surface area contributed by atoms with Gasteiger partial charge in [0.1, 0.15) is 18.5 Å². The molecule has 0 fully saturated rings. The molecule has 2 N–H and O–H groups in total. The van der Waals surface area contributed by atoms with Crippen molar-refractivity contribution in [2.75, 3.05) is 13.2 Å². The molecule has 1 aromatic rings. The van der Waals surface area contributed by atoms with Gasteiger partial charge in [-0.3, -0.25) is 0 Å². The van der Waals surface area contributed by atoms with E-state index in [1.807, 2.05) is 0 Å². The Labute approximate surface area is 199 Å². The van der Waals surface area contributed by atoms with Gasteiger partial charge in [0.25, 0.3) is 0 Å². The molecule has 1 rings (SSSR count). The van der Waals surface area contributed by atoms with Gasteiger partial charge in [-0.2, -0.15) is 0 Å². The fourth-order valence-corrected chi connectivity index (χ4v) is 4.28. The van der Waals surface area contributed by atoms with Crippen molar-refractivity contribution in [2.45, 2.75) is 136 Å². The van der Waals surface area contributed by atoms with Crippen LogP contribution in [0.1, 0.15) is 128 Å². The van der Waals surface area contributed by atoms with Crippen molar-refractivity contribution in [3.8, 4) is 5.75 Å². The minimum Gasteiger partial charge on any atom is -0.491 e. The fourth-order valence-electron chi connectivity index (χ4n) is 4.28. The van der Waals surface area contributed by atoms with Gasteiger partial charge in [-0.1, -0.05) is 116 Å². The molecule has 0 aliphatic carbocycles. The lowest BCUT2D eigenvalue weighted by molar-refractivity contribution is 0.0533. The monoisotopic (exact) mass is 448 g/mol. The summed E-state index contributed by atoms with van der Waals surface area (Å²) in [6.07, 6.45) is 22.9. The van der Waals surface area contributed by atoms with Crippen LogP contribution >= 0.6 is 0 Å². The van der Waals surface area contributed by atoms with Crippen LogP contribution in [0.5, 0.6) is 5.75 Å². The van der Waals surface area contributed by atoms with E-state index in [2.05, 4.69) is 32.0 Å². The van der Waals surface area contributed by atoms with Gasteiger partial charge in [0.05, 0.1) is 6.61 Å². The number of aliphatic hydroxyl groups excluding tert-OH is 2. The van der Waals surface area contributed by atoms with Crippen LogP contribution in [0.4, 0.5) is 0 Å². The van der Waals surface area contributed by atoms with Gasteiger partial charge in [0.15, 0.2) is 0 Å². The molecule has 0 aliphatic heterocycles. The van der Waals surface area contributed by atoms with Crippen molar-refractivity contribution in [3.63, 3.8) is 0 Å². The fraction of sp³-hybridized carbons (Fsp3) is 0.793. The van der Waals surface area contributed by atoms with Crippen molar-refractivity contribution in [2.24, 2.45) is 0 Å². The zero-order valence-corrected chi connectivity index (χ0v) is 21.3. The van der Waals surface area contributed by atoms with Crippen molar-refractivity contribution in [3.05, 3.63) is 29.3 Å². The Morgan fingerprint density at radius 1 is 0.688 bits per heavy atom. The molecule has 0 radical (unpaired) electrons. The number of aliphatic hydroxyl groups is 2. The molecule has 0 heterocycles. The van der Waals surface area contributed by atoms with Crippen molar-refractivity contribution in [1.29, 1.82) is 0 Å². The number of rotatable bonds is 22. The van der Waals surface area contributed by atoms with Gasteiger partial charge < -0.3 is 14.9 Å². The molecule has 186 valence electrons. The van der Waals surface area contributed by atoms with Crippen LogP contribution in [0.3, 0.4) is 0 Å². The van der Waals surface area contributed by atoms with Crippen molar-refractivity contribution >= 4 is 0 Å². The molecular formula is C29H52O3. The molecule has 3 nitrogen and oxygen atoms in total. The molecule has 1 atom stereocenters. The predicted octanol–water partition coefficient (Wildman–Crippen LogP) is 7.79. The maximum Gasteiger partial charge on any atom is 0.122 e. The summed E-state index contributed by atoms with van der Waals surface area (Å²) in [7, 11) is 0. The smallest absolute Gasteiger partial charge is 0.122 e. The largest absolute Gasteiger partial charge is 0.491 e. The number of hydrogen-bond acceptors (Lipinski definition) is 3. The highest BCUT2D eigenvalue weighted by molar-refractivity contribution is 5.37. The van der Waals surface area contributed by atoms with E-state index in [1.54, 1.807) is 0 Å². The van der Waals surface area contributed by atoms with Gasteiger partial charge in [-0.05, 0) is 42.9 Å². The Balaban J connectivity index is 2.29. The SMILES string of the molecule is CCCCCCCCCCCCCCc1ccc(OCC(O)CO)c(CCCCCC)c1. The first-order valence-corrected chi connectivity index (χ1v) is 13.7. The summed E-state index contributed by atoms with van der Waals surface area (Å²) in [4.78, 5) is 0. The minimum absolute atomic E-state index is 0.149. The Kier molecular flexibility index (Phi) is 18.6. The maximum atomic E-state index is 9.61. The van der Waals surface area contributed by atoms with Crippen LogP contribution in [-0.4, -0.2) is 29.5 Å². The summed E-state index contributed by atoms with van der Waals surface area (Å²) in [5.41, 5.74) is 2.65. The van der Waals surface area contributed by atoms with E-state index < -0.39 is 6.10 Å². The Morgan fingerprint density at radius 3 is 1.75 bits per heavy atom. The van der Waals surface area contributed by atoms with Gasteiger partial charge in [0.2, 0.25) is 0 Å². The molecule has 0 spiro atoms. The van der Waals surface area contributed by atoms with Gasteiger partial charge in [-0.15, -0.1) is 0 Å². The summed E-state index contributed by atoms with van der Waals surface area (Å²) in [5.74, 6) is 0.868. The molecule has 0 amide bonds. The lowest BCUT2D eigenvalue weighted by atomic mass is 9.99. The highest BCUT2D eigenvalue weighted by atomic mass is 16.5. The van der Waals surface area contributed by atoms with Crippen LogP contribution in [-0.2, 0) is 12.8 Å². The van der Waals surface area contributed by atoms with E-state index in [1.165, 1.54) is 114 Å².